The van der Waals surface area contributed by atoms with Crippen molar-refractivity contribution < 1.29 is 5.11 Å². The summed E-state index contributed by atoms with van der Waals surface area (Å²) in [6.07, 6.45) is 4.96. The Bertz CT molecular complexity index is 742. The molecule has 20 heavy (non-hydrogen) atoms. The normalized spacial score (nSPS) is 11.2. The molecule has 0 fully saturated rings. The van der Waals surface area contributed by atoms with E-state index in [-0.39, 0.29) is 0 Å². The minimum Gasteiger partial charge on any atom is -0.507 e. The van der Waals surface area contributed by atoms with Crippen LogP contribution in [0.3, 0.4) is 0 Å². The van der Waals surface area contributed by atoms with Gasteiger partial charge >= 0.3 is 0 Å². The van der Waals surface area contributed by atoms with E-state index in [1.54, 1.807) is 6.07 Å². The number of aromatic hydroxyl groups is 1. The Balaban J connectivity index is 1.92. The second-order valence-corrected chi connectivity index (χ2v) is 4.81. The first-order valence-electron chi connectivity index (χ1n) is 6.76. The molecule has 0 heterocycles. The van der Waals surface area contributed by atoms with Gasteiger partial charge < -0.3 is 5.11 Å². The lowest BCUT2D eigenvalue weighted by Crippen LogP contribution is -1.82. The highest BCUT2D eigenvalue weighted by Crippen LogP contribution is 2.28. The molecule has 0 aliphatic heterocycles. The molecule has 0 aromatic heterocycles. The zero-order valence-corrected chi connectivity index (χ0v) is 11.2. The van der Waals surface area contributed by atoms with Crippen LogP contribution in [0, 0.1) is 0 Å². The van der Waals surface area contributed by atoms with Crippen molar-refractivity contribution in [2.75, 3.05) is 0 Å². The second kappa shape index (κ2) is 5.62. The number of hydrogen-bond donors (Lipinski definition) is 1. The molecule has 0 unspecified atom stereocenters. The Morgan fingerprint density at radius 1 is 0.800 bits per heavy atom. The Labute approximate surface area is 118 Å². The highest BCUT2D eigenvalue weighted by Gasteiger charge is 2.02. The molecule has 3 aromatic rings. The second-order valence-electron chi connectivity index (χ2n) is 4.81. The summed E-state index contributed by atoms with van der Waals surface area (Å²) in [4.78, 5) is 0. The zero-order valence-electron chi connectivity index (χ0n) is 11.2. The molecule has 0 saturated carbocycles. The molecule has 1 heteroatoms. The average molecular weight is 260 g/mol. The lowest BCUT2D eigenvalue weighted by Gasteiger charge is -2.05. The minimum atomic E-state index is 0.327. The van der Waals surface area contributed by atoms with Gasteiger partial charge in [0.15, 0.2) is 0 Å². The Hall–Kier alpha value is -2.54. The Morgan fingerprint density at radius 3 is 2.40 bits per heavy atom. The van der Waals surface area contributed by atoms with Gasteiger partial charge in [0.1, 0.15) is 5.75 Å². The van der Waals surface area contributed by atoms with E-state index in [0.29, 0.717) is 5.75 Å². The van der Waals surface area contributed by atoms with E-state index in [9.17, 15) is 5.11 Å². The van der Waals surface area contributed by atoms with Gasteiger partial charge in [-0.25, -0.2) is 0 Å². The Kier molecular flexibility index (Phi) is 3.51. The van der Waals surface area contributed by atoms with Crippen LogP contribution in [0.1, 0.15) is 11.1 Å². The number of fused-ring (bicyclic) bond motifs is 1. The molecule has 3 aromatic carbocycles. The zero-order chi connectivity index (χ0) is 13.8. The van der Waals surface area contributed by atoms with Crippen molar-refractivity contribution in [3.05, 3.63) is 83.9 Å². The summed E-state index contributed by atoms with van der Waals surface area (Å²) in [5, 5.41) is 12.3. The molecule has 0 atom stereocenters. The van der Waals surface area contributed by atoms with Crippen LogP contribution in [0.5, 0.6) is 5.75 Å². The van der Waals surface area contributed by atoms with Gasteiger partial charge in [0.25, 0.3) is 0 Å². The fourth-order valence-electron chi connectivity index (χ4n) is 2.39. The van der Waals surface area contributed by atoms with Crippen molar-refractivity contribution in [1.29, 1.82) is 0 Å². The topological polar surface area (TPSA) is 20.2 Å². The minimum absolute atomic E-state index is 0.327. The third-order valence-electron chi connectivity index (χ3n) is 3.43. The van der Waals surface area contributed by atoms with Crippen LogP contribution in [-0.2, 0) is 6.42 Å². The van der Waals surface area contributed by atoms with Crippen LogP contribution in [-0.4, -0.2) is 5.11 Å². The van der Waals surface area contributed by atoms with Crippen molar-refractivity contribution in [2.45, 2.75) is 6.42 Å². The first kappa shape index (κ1) is 12.5. The van der Waals surface area contributed by atoms with E-state index in [2.05, 4.69) is 24.3 Å². The van der Waals surface area contributed by atoms with Crippen LogP contribution in [0.25, 0.3) is 16.8 Å². The first-order chi connectivity index (χ1) is 9.84. The maximum Gasteiger partial charge on any atom is 0.123 e. The predicted octanol–water partition coefficient (Wildman–Crippen LogP) is 4.80. The summed E-state index contributed by atoms with van der Waals surface area (Å²) in [5.74, 6) is 0.327. The van der Waals surface area contributed by atoms with Gasteiger partial charge in [-0.3, -0.25) is 0 Å². The smallest absolute Gasteiger partial charge is 0.123 e. The van der Waals surface area contributed by atoms with Gasteiger partial charge in [0, 0.05) is 5.56 Å². The van der Waals surface area contributed by atoms with Crippen LogP contribution in [0.15, 0.2) is 72.8 Å². The summed E-state index contributed by atoms with van der Waals surface area (Å²) in [7, 11) is 0. The molecule has 0 spiro atoms. The molecule has 0 radical (unpaired) electrons. The molecule has 98 valence electrons. The molecule has 0 bridgehead atoms. The summed E-state index contributed by atoms with van der Waals surface area (Å²) in [6.45, 7) is 0. The molecular formula is C19H16O. The van der Waals surface area contributed by atoms with E-state index < -0.39 is 0 Å². The number of phenolic OH excluding ortho intramolecular Hbond substituents is 1. The molecule has 1 nitrogen and oxygen atoms in total. The maximum atomic E-state index is 10.1. The van der Waals surface area contributed by atoms with Crippen molar-refractivity contribution in [3.8, 4) is 5.75 Å². The largest absolute Gasteiger partial charge is 0.507 e. The van der Waals surface area contributed by atoms with Gasteiger partial charge in [-0.1, -0.05) is 72.8 Å². The summed E-state index contributed by atoms with van der Waals surface area (Å²) in [5.41, 5.74) is 2.16. The standard InChI is InChI=1S/C19H16O/c20-19-14-13-16-10-4-5-11-17(16)18(19)12-6-9-15-7-2-1-3-8-15/h1-8,10-14,20H,9H2. The number of phenols is 1. The van der Waals surface area contributed by atoms with E-state index in [1.165, 1.54) is 5.56 Å². The lowest BCUT2D eigenvalue weighted by molar-refractivity contribution is 0.475. The SMILES string of the molecule is Oc1ccc2ccccc2c1C=CCc1ccccc1. The lowest BCUT2D eigenvalue weighted by atomic mass is 10.0. The number of rotatable bonds is 3. The van der Waals surface area contributed by atoms with Crippen LogP contribution < -0.4 is 0 Å². The third-order valence-corrected chi connectivity index (χ3v) is 3.43. The van der Waals surface area contributed by atoms with Gasteiger partial charge in [-0.05, 0) is 28.8 Å². The molecule has 1 N–H and O–H groups in total. The molecule has 0 aliphatic carbocycles. The molecule has 0 saturated heterocycles. The summed E-state index contributed by atoms with van der Waals surface area (Å²) in [6, 6.07) is 22.1. The van der Waals surface area contributed by atoms with Gasteiger partial charge in [-0.15, -0.1) is 0 Å². The summed E-state index contributed by atoms with van der Waals surface area (Å²) < 4.78 is 0. The van der Waals surface area contributed by atoms with Crippen molar-refractivity contribution in [2.24, 2.45) is 0 Å². The van der Waals surface area contributed by atoms with E-state index in [4.69, 9.17) is 0 Å². The summed E-state index contributed by atoms with van der Waals surface area (Å²) >= 11 is 0. The molecule has 0 amide bonds. The monoisotopic (exact) mass is 260 g/mol. The first-order valence-corrected chi connectivity index (χ1v) is 6.76. The van der Waals surface area contributed by atoms with Gasteiger partial charge in [0.2, 0.25) is 0 Å². The number of benzene rings is 3. The quantitative estimate of drug-likeness (QED) is 0.717. The van der Waals surface area contributed by atoms with Crippen LogP contribution in [0.4, 0.5) is 0 Å². The maximum absolute atomic E-state index is 10.1. The van der Waals surface area contributed by atoms with Gasteiger partial charge in [-0.2, -0.15) is 0 Å². The number of hydrogen-bond acceptors (Lipinski definition) is 1. The van der Waals surface area contributed by atoms with E-state index in [0.717, 1.165) is 22.8 Å². The fourth-order valence-corrected chi connectivity index (χ4v) is 2.39. The van der Waals surface area contributed by atoms with E-state index in [1.807, 2.05) is 48.5 Å². The molecule has 3 rings (SSSR count). The van der Waals surface area contributed by atoms with E-state index >= 15 is 0 Å². The average Bonchev–Trinajstić information content (AvgIpc) is 2.50. The van der Waals surface area contributed by atoms with Crippen molar-refractivity contribution in [3.63, 3.8) is 0 Å². The van der Waals surface area contributed by atoms with Crippen LogP contribution in [0.2, 0.25) is 0 Å². The fraction of sp³-hybridized carbons (Fsp3) is 0.0526. The van der Waals surface area contributed by atoms with Crippen molar-refractivity contribution in [1.82, 2.24) is 0 Å². The highest BCUT2D eigenvalue weighted by atomic mass is 16.3. The molecule has 0 aliphatic rings. The predicted molar refractivity (Wildman–Crippen MR) is 84.8 cm³/mol. The van der Waals surface area contributed by atoms with Crippen molar-refractivity contribution >= 4 is 16.8 Å². The third kappa shape index (κ3) is 2.57. The molecular weight excluding hydrogens is 244 g/mol. The van der Waals surface area contributed by atoms with Crippen LogP contribution >= 0.6 is 0 Å². The van der Waals surface area contributed by atoms with Gasteiger partial charge in [0.05, 0.1) is 0 Å². The Morgan fingerprint density at radius 2 is 1.55 bits per heavy atom. The highest BCUT2D eigenvalue weighted by molar-refractivity contribution is 5.92. The number of allylic oxidation sites excluding steroid dienone is 1.